The topological polar surface area (TPSA) is 38.3 Å². The zero-order valence-electron chi connectivity index (χ0n) is 13.9. The Morgan fingerprint density at radius 3 is 2.50 bits per heavy atom. The third-order valence-corrected chi connectivity index (χ3v) is 4.77. The van der Waals surface area contributed by atoms with Crippen molar-refractivity contribution < 1.29 is 9.53 Å². The van der Waals surface area contributed by atoms with Crippen LogP contribution in [0.3, 0.4) is 0 Å². The molecule has 1 heterocycles. The van der Waals surface area contributed by atoms with Gasteiger partial charge in [-0.25, -0.2) is 0 Å². The van der Waals surface area contributed by atoms with E-state index in [4.69, 9.17) is 4.74 Å². The molecule has 4 heteroatoms. The molecule has 0 radical (unpaired) electrons. The molecule has 0 atom stereocenters. The van der Waals surface area contributed by atoms with Gasteiger partial charge >= 0.3 is 0 Å². The first-order valence-corrected chi connectivity index (χ1v) is 9.09. The van der Waals surface area contributed by atoms with E-state index in [1.54, 1.807) is 0 Å². The van der Waals surface area contributed by atoms with Crippen molar-refractivity contribution >= 4 is 39.2 Å². The summed E-state index contributed by atoms with van der Waals surface area (Å²) < 4.78 is 7.04. The molecule has 1 aliphatic rings. The van der Waals surface area contributed by atoms with E-state index in [0.29, 0.717) is 12.2 Å². The normalized spacial score (nSPS) is 14.2. The van der Waals surface area contributed by atoms with Crippen LogP contribution in [0.25, 0.3) is 11.6 Å². The highest BCUT2D eigenvalue weighted by molar-refractivity contribution is 9.10. The van der Waals surface area contributed by atoms with Crippen LogP contribution in [-0.4, -0.2) is 5.91 Å². The number of ether oxygens (including phenoxy) is 1. The van der Waals surface area contributed by atoms with E-state index < -0.39 is 0 Å². The van der Waals surface area contributed by atoms with Crippen LogP contribution in [0, 0.1) is 0 Å². The van der Waals surface area contributed by atoms with E-state index >= 15 is 0 Å². The number of rotatable bonds is 4. The summed E-state index contributed by atoms with van der Waals surface area (Å²) in [4.78, 5) is 12.3. The standard InChI is InChI=1S/C22H16BrNO2/c23-17-11-9-15(10-12-17)14-26-21-8-4-1-5-16(21)13-19-18-6-2-3-7-20(18)24-22(19)25/h1-13H,14H2,(H,24,25)/b19-13-. The van der Waals surface area contributed by atoms with Gasteiger partial charge in [-0.05, 0) is 35.9 Å². The van der Waals surface area contributed by atoms with Gasteiger partial charge in [-0.1, -0.05) is 64.5 Å². The number of amides is 1. The molecule has 0 bridgehead atoms. The van der Waals surface area contributed by atoms with Gasteiger partial charge in [0.25, 0.3) is 5.91 Å². The van der Waals surface area contributed by atoms with E-state index in [0.717, 1.165) is 32.6 Å². The van der Waals surface area contributed by atoms with Crippen LogP contribution in [0.5, 0.6) is 5.75 Å². The molecule has 0 unspecified atom stereocenters. The largest absolute Gasteiger partial charge is 0.488 e. The molecule has 0 aromatic heterocycles. The Bertz CT molecular complexity index is 993. The van der Waals surface area contributed by atoms with Crippen molar-refractivity contribution in [3.05, 3.63) is 94.0 Å². The van der Waals surface area contributed by atoms with E-state index in [9.17, 15) is 4.79 Å². The number of fused-ring (bicyclic) bond motifs is 1. The molecule has 1 N–H and O–H groups in total. The number of nitrogens with one attached hydrogen (secondary N) is 1. The summed E-state index contributed by atoms with van der Waals surface area (Å²) in [6, 6.07) is 23.5. The van der Waals surface area contributed by atoms with Gasteiger partial charge in [0.2, 0.25) is 0 Å². The fourth-order valence-electron chi connectivity index (χ4n) is 2.91. The van der Waals surface area contributed by atoms with Gasteiger partial charge in [-0.15, -0.1) is 0 Å². The second kappa shape index (κ2) is 7.18. The zero-order chi connectivity index (χ0) is 17.9. The van der Waals surface area contributed by atoms with Gasteiger partial charge in [0.1, 0.15) is 12.4 Å². The number of anilines is 1. The van der Waals surface area contributed by atoms with Crippen molar-refractivity contribution in [3.63, 3.8) is 0 Å². The lowest BCUT2D eigenvalue weighted by atomic mass is 10.0. The molecular weight excluding hydrogens is 390 g/mol. The number of halogens is 1. The summed E-state index contributed by atoms with van der Waals surface area (Å²) in [5.74, 6) is 0.661. The van der Waals surface area contributed by atoms with Crippen molar-refractivity contribution in [2.75, 3.05) is 5.32 Å². The maximum Gasteiger partial charge on any atom is 0.256 e. The van der Waals surface area contributed by atoms with Crippen LogP contribution >= 0.6 is 15.9 Å². The van der Waals surface area contributed by atoms with Crippen molar-refractivity contribution in [2.45, 2.75) is 6.61 Å². The van der Waals surface area contributed by atoms with Gasteiger partial charge in [-0.2, -0.15) is 0 Å². The monoisotopic (exact) mass is 405 g/mol. The lowest BCUT2D eigenvalue weighted by molar-refractivity contribution is -0.110. The minimum atomic E-state index is -0.0890. The summed E-state index contributed by atoms with van der Waals surface area (Å²) in [6.07, 6.45) is 1.89. The van der Waals surface area contributed by atoms with E-state index in [1.807, 2.05) is 78.9 Å². The molecule has 4 rings (SSSR count). The minimum absolute atomic E-state index is 0.0890. The highest BCUT2D eigenvalue weighted by Gasteiger charge is 2.23. The molecule has 0 fully saturated rings. The molecule has 128 valence electrons. The molecule has 3 nitrogen and oxygen atoms in total. The van der Waals surface area contributed by atoms with Crippen LogP contribution in [0.4, 0.5) is 5.69 Å². The third-order valence-electron chi connectivity index (χ3n) is 4.24. The number of carbonyl (C=O) groups is 1. The summed E-state index contributed by atoms with van der Waals surface area (Å²) in [5, 5.41) is 2.90. The first kappa shape index (κ1) is 16.6. The zero-order valence-corrected chi connectivity index (χ0v) is 15.5. The smallest absolute Gasteiger partial charge is 0.256 e. The Morgan fingerprint density at radius 1 is 0.923 bits per heavy atom. The average molecular weight is 406 g/mol. The lowest BCUT2D eigenvalue weighted by Crippen LogP contribution is -2.03. The second-order valence-electron chi connectivity index (χ2n) is 6.01. The second-order valence-corrected chi connectivity index (χ2v) is 6.93. The number of hydrogen-bond acceptors (Lipinski definition) is 2. The molecular formula is C22H16BrNO2. The van der Waals surface area contributed by atoms with Crippen LogP contribution in [0.2, 0.25) is 0 Å². The summed E-state index contributed by atoms with van der Waals surface area (Å²) >= 11 is 3.43. The minimum Gasteiger partial charge on any atom is -0.488 e. The average Bonchev–Trinajstić information content (AvgIpc) is 2.98. The molecule has 3 aromatic carbocycles. The number of benzene rings is 3. The molecule has 0 saturated heterocycles. The fraction of sp³-hybridized carbons (Fsp3) is 0.0455. The molecule has 0 aliphatic carbocycles. The van der Waals surface area contributed by atoms with Gasteiger partial charge in [0.15, 0.2) is 0 Å². The van der Waals surface area contributed by atoms with Crippen molar-refractivity contribution in [3.8, 4) is 5.75 Å². The van der Waals surface area contributed by atoms with Crippen molar-refractivity contribution in [1.82, 2.24) is 0 Å². The number of para-hydroxylation sites is 2. The van der Waals surface area contributed by atoms with Crippen LogP contribution in [0.1, 0.15) is 16.7 Å². The Morgan fingerprint density at radius 2 is 1.65 bits per heavy atom. The predicted octanol–water partition coefficient (Wildman–Crippen LogP) is 5.52. The Kier molecular flexibility index (Phi) is 4.59. The quantitative estimate of drug-likeness (QED) is 0.580. The van der Waals surface area contributed by atoms with Crippen LogP contribution in [0.15, 0.2) is 77.3 Å². The SMILES string of the molecule is O=C1Nc2ccccc2/C1=C/c1ccccc1OCc1ccc(Br)cc1. The molecule has 3 aromatic rings. The summed E-state index contributed by atoms with van der Waals surface area (Å²) in [5.41, 5.74) is 4.38. The van der Waals surface area contributed by atoms with Crippen LogP contribution in [-0.2, 0) is 11.4 Å². The summed E-state index contributed by atoms with van der Waals surface area (Å²) in [7, 11) is 0. The first-order valence-electron chi connectivity index (χ1n) is 8.29. The summed E-state index contributed by atoms with van der Waals surface area (Å²) in [6.45, 7) is 0.469. The molecule has 1 aliphatic heterocycles. The van der Waals surface area contributed by atoms with E-state index in [-0.39, 0.29) is 5.91 Å². The van der Waals surface area contributed by atoms with Gasteiger partial charge in [0, 0.05) is 26.9 Å². The number of carbonyl (C=O) groups excluding carboxylic acids is 1. The van der Waals surface area contributed by atoms with E-state index in [2.05, 4.69) is 21.2 Å². The highest BCUT2D eigenvalue weighted by atomic mass is 79.9. The Balaban J connectivity index is 1.62. The number of hydrogen-bond donors (Lipinski definition) is 1. The fourth-order valence-corrected chi connectivity index (χ4v) is 3.18. The lowest BCUT2D eigenvalue weighted by Gasteiger charge is -2.10. The van der Waals surface area contributed by atoms with Crippen molar-refractivity contribution in [2.24, 2.45) is 0 Å². The van der Waals surface area contributed by atoms with Crippen LogP contribution < -0.4 is 10.1 Å². The Labute approximate surface area is 160 Å². The molecule has 0 saturated carbocycles. The maximum atomic E-state index is 12.3. The Hall–Kier alpha value is -2.85. The molecule has 0 spiro atoms. The van der Waals surface area contributed by atoms with Gasteiger partial charge in [-0.3, -0.25) is 4.79 Å². The maximum absolute atomic E-state index is 12.3. The molecule has 26 heavy (non-hydrogen) atoms. The van der Waals surface area contributed by atoms with E-state index in [1.165, 1.54) is 0 Å². The highest BCUT2D eigenvalue weighted by Crippen LogP contribution is 2.34. The first-order chi connectivity index (χ1) is 12.7. The van der Waals surface area contributed by atoms with Crippen molar-refractivity contribution in [1.29, 1.82) is 0 Å². The third kappa shape index (κ3) is 3.41. The predicted molar refractivity (Wildman–Crippen MR) is 108 cm³/mol. The van der Waals surface area contributed by atoms with Gasteiger partial charge in [0.05, 0.1) is 0 Å². The molecule has 1 amide bonds. The van der Waals surface area contributed by atoms with Gasteiger partial charge < -0.3 is 10.1 Å².